The molecule has 142 valence electrons. The fourth-order valence-corrected chi connectivity index (χ4v) is 3.20. The van der Waals surface area contributed by atoms with Gasteiger partial charge in [-0.2, -0.15) is 5.26 Å². The van der Waals surface area contributed by atoms with Gasteiger partial charge in [0.2, 0.25) is 0 Å². The average Bonchev–Trinajstić information content (AvgIpc) is 3.44. The van der Waals surface area contributed by atoms with Crippen LogP contribution in [0.5, 0.6) is 0 Å². The molecule has 0 aliphatic heterocycles. The summed E-state index contributed by atoms with van der Waals surface area (Å²) < 4.78 is 16.3. The monoisotopic (exact) mass is 376 g/mol. The molecule has 0 spiro atoms. The van der Waals surface area contributed by atoms with E-state index in [1.807, 2.05) is 21.7 Å². The highest BCUT2D eigenvalue weighted by atomic mass is 19.1. The van der Waals surface area contributed by atoms with Crippen molar-refractivity contribution in [2.75, 3.05) is 11.4 Å². The lowest BCUT2D eigenvalue weighted by atomic mass is 10.1. The molecule has 0 atom stereocenters. The molecule has 1 fully saturated rings. The number of rotatable bonds is 8. The van der Waals surface area contributed by atoms with Crippen molar-refractivity contribution in [3.63, 3.8) is 0 Å². The smallest absolute Gasteiger partial charge is 0.150 e. The quantitative estimate of drug-likeness (QED) is 0.600. The predicted octanol–water partition coefficient (Wildman–Crippen LogP) is 3.66. The van der Waals surface area contributed by atoms with E-state index in [9.17, 15) is 9.65 Å². The summed E-state index contributed by atoms with van der Waals surface area (Å²) in [5, 5.41) is 9.57. The van der Waals surface area contributed by atoms with Crippen molar-refractivity contribution in [3.8, 4) is 6.07 Å². The van der Waals surface area contributed by atoms with Gasteiger partial charge in [0.25, 0.3) is 0 Å². The number of benzene rings is 1. The summed E-state index contributed by atoms with van der Waals surface area (Å²) in [7, 11) is 0. The molecular weight excluding hydrogens is 355 g/mol. The number of nitriles is 1. The van der Waals surface area contributed by atoms with Gasteiger partial charge in [-0.15, -0.1) is 0 Å². The van der Waals surface area contributed by atoms with E-state index in [4.69, 9.17) is 4.98 Å². The molecule has 2 heterocycles. The number of hydrogen-bond donors (Lipinski definition) is 0. The van der Waals surface area contributed by atoms with E-state index >= 15 is 0 Å². The maximum atomic E-state index is 14.3. The summed E-state index contributed by atoms with van der Waals surface area (Å²) in [6.45, 7) is 1.78. The Morgan fingerprint density at radius 2 is 2.14 bits per heavy atom. The van der Waals surface area contributed by atoms with Crippen LogP contribution in [0, 0.1) is 17.1 Å². The highest BCUT2D eigenvalue weighted by molar-refractivity contribution is 5.53. The Labute approximate surface area is 163 Å². The van der Waals surface area contributed by atoms with Gasteiger partial charge < -0.3 is 9.47 Å². The summed E-state index contributed by atoms with van der Waals surface area (Å²) in [6.07, 6.45) is 10.0. The maximum absolute atomic E-state index is 14.3. The summed E-state index contributed by atoms with van der Waals surface area (Å²) in [5.41, 5.74) is 1.00. The Morgan fingerprint density at radius 1 is 1.29 bits per heavy atom. The van der Waals surface area contributed by atoms with E-state index in [-0.39, 0.29) is 5.82 Å². The Hall–Kier alpha value is -3.27. The molecule has 0 N–H and O–H groups in total. The molecule has 2 aromatic heterocycles. The van der Waals surface area contributed by atoms with Gasteiger partial charge in [0, 0.05) is 43.5 Å². The predicted molar refractivity (Wildman–Crippen MR) is 103 cm³/mol. The Kier molecular flexibility index (Phi) is 5.29. The lowest BCUT2D eigenvalue weighted by Gasteiger charge is -2.25. The molecule has 4 rings (SSSR count). The fraction of sp³-hybridized carbons (Fsp3) is 0.333. The van der Waals surface area contributed by atoms with E-state index in [2.05, 4.69) is 16.0 Å². The van der Waals surface area contributed by atoms with Crippen molar-refractivity contribution in [3.05, 3.63) is 72.0 Å². The molecule has 3 aromatic rings. The van der Waals surface area contributed by atoms with Gasteiger partial charge in [-0.05, 0) is 25.3 Å². The van der Waals surface area contributed by atoms with E-state index in [1.165, 1.54) is 6.07 Å². The lowest BCUT2D eigenvalue weighted by molar-refractivity contribution is 0.587. The number of imidazole rings is 1. The van der Waals surface area contributed by atoms with Crippen molar-refractivity contribution >= 4 is 5.82 Å². The van der Waals surface area contributed by atoms with Gasteiger partial charge in [0.1, 0.15) is 23.3 Å². The van der Waals surface area contributed by atoms with Crippen LogP contribution in [0.15, 0.2) is 49.2 Å². The number of halogens is 1. The molecule has 0 radical (unpaired) electrons. The average molecular weight is 376 g/mol. The molecule has 0 amide bonds. The van der Waals surface area contributed by atoms with Crippen LogP contribution in [0.3, 0.4) is 0 Å². The minimum absolute atomic E-state index is 0.253. The summed E-state index contributed by atoms with van der Waals surface area (Å²) in [4.78, 5) is 15.1. The maximum Gasteiger partial charge on any atom is 0.150 e. The summed E-state index contributed by atoms with van der Waals surface area (Å²) in [5.74, 6) is 1.50. The number of aryl methyl sites for hydroxylation is 1. The SMILES string of the molecule is N#Cc1cnc(C2CC2)nc1N(CCCn1ccnc1)Cc1ccccc1F. The first kappa shape index (κ1) is 18.1. The summed E-state index contributed by atoms with van der Waals surface area (Å²) >= 11 is 0. The number of anilines is 1. The van der Waals surface area contributed by atoms with E-state index < -0.39 is 0 Å². The van der Waals surface area contributed by atoms with Crippen LogP contribution in [0.25, 0.3) is 0 Å². The lowest BCUT2D eigenvalue weighted by Crippen LogP contribution is -2.27. The van der Waals surface area contributed by atoms with Crippen molar-refractivity contribution in [2.24, 2.45) is 0 Å². The molecule has 1 aliphatic carbocycles. The number of nitrogens with zero attached hydrogens (tertiary/aromatic N) is 6. The second kappa shape index (κ2) is 8.17. The molecule has 28 heavy (non-hydrogen) atoms. The number of hydrogen-bond acceptors (Lipinski definition) is 5. The van der Waals surface area contributed by atoms with Crippen LogP contribution in [0.2, 0.25) is 0 Å². The second-order valence-corrected chi connectivity index (χ2v) is 7.02. The molecule has 1 saturated carbocycles. The van der Waals surface area contributed by atoms with E-state index in [0.29, 0.717) is 36.0 Å². The Balaban J connectivity index is 1.60. The van der Waals surface area contributed by atoms with Crippen LogP contribution in [0.1, 0.15) is 42.1 Å². The van der Waals surface area contributed by atoms with Crippen molar-refractivity contribution in [1.82, 2.24) is 19.5 Å². The van der Waals surface area contributed by atoms with Gasteiger partial charge in [-0.3, -0.25) is 0 Å². The largest absolute Gasteiger partial charge is 0.351 e. The van der Waals surface area contributed by atoms with Crippen LogP contribution in [0.4, 0.5) is 10.2 Å². The third kappa shape index (κ3) is 4.17. The zero-order valence-electron chi connectivity index (χ0n) is 15.5. The summed E-state index contributed by atoms with van der Waals surface area (Å²) in [6, 6.07) is 8.92. The normalized spacial score (nSPS) is 13.3. The van der Waals surface area contributed by atoms with Gasteiger partial charge in [-0.1, -0.05) is 18.2 Å². The fourth-order valence-electron chi connectivity index (χ4n) is 3.20. The minimum Gasteiger partial charge on any atom is -0.351 e. The van der Waals surface area contributed by atoms with Crippen LogP contribution < -0.4 is 4.90 Å². The first-order valence-corrected chi connectivity index (χ1v) is 9.45. The third-order valence-electron chi connectivity index (χ3n) is 4.87. The third-order valence-corrected chi connectivity index (χ3v) is 4.87. The van der Waals surface area contributed by atoms with E-state index in [0.717, 1.165) is 31.6 Å². The van der Waals surface area contributed by atoms with Gasteiger partial charge in [0.15, 0.2) is 5.82 Å². The number of aromatic nitrogens is 4. The van der Waals surface area contributed by atoms with Crippen LogP contribution in [-0.2, 0) is 13.1 Å². The van der Waals surface area contributed by atoms with Crippen molar-refractivity contribution in [1.29, 1.82) is 5.26 Å². The first-order valence-electron chi connectivity index (χ1n) is 9.45. The zero-order valence-corrected chi connectivity index (χ0v) is 15.5. The molecule has 1 aromatic carbocycles. The molecule has 1 aliphatic rings. The van der Waals surface area contributed by atoms with Crippen molar-refractivity contribution in [2.45, 2.75) is 38.3 Å². The van der Waals surface area contributed by atoms with Gasteiger partial charge >= 0.3 is 0 Å². The molecule has 6 nitrogen and oxygen atoms in total. The standard InChI is InChI=1S/C21H21FN6/c22-19-5-2-1-4-17(19)14-28(10-3-9-27-11-8-24-15-27)21-18(12-23)13-25-20(26-21)16-6-7-16/h1-2,4-5,8,11,13,15-16H,3,6-7,9-10,14H2. The van der Waals surface area contributed by atoms with Crippen LogP contribution >= 0.6 is 0 Å². The zero-order chi connectivity index (χ0) is 19.3. The minimum atomic E-state index is -0.253. The second-order valence-electron chi connectivity index (χ2n) is 7.02. The van der Waals surface area contributed by atoms with Gasteiger partial charge in [-0.25, -0.2) is 19.3 Å². The first-order chi connectivity index (χ1) is 13.7. The van der Waals surface area contributed by atoms with Gasteiger partial charge in [0.05, 0.1) is 12.5 Å². The highest BCUT2D eigenvalue weighted by Gasteiger charge is 2.28. The van der Waals surface area contributed by atoms with E-state index in [1.54, 1.807) is 30.9 Å². The highest BCUT2D eigenvalue weighted by Crippen LogP contribution is 2.38. The Bertz CT molecular complexity index is 975. The molecular formula is C21H21FN6. The van der Waals surface area contributed by atoms with Crippen molar-refractivity contribution < 1.29 is 4.39 Å². The molecule has 0 saturated heterocycles. The molecule has 0 unspecified atom stereocenters. The topological polar surface area (TPSA) is 70.6 Å². The molecule has 0 bridgehead atoms. The van der Waals surface area contributed by atoms with Crippen LogP contribution in [-0.4, -0.2) is 26.1 Å². The molecule has 7 heteroatoms. The Morgan fingerprint density at radius 3 is 2.86 bits per heavy atom.